The highest BCUT2D eigenvalue weighted by atomic mass is 79.9. The van der Waals surface area contributed by atoms with Gasteiger partial charge in [0.15, 0.2) is 0 Å². The fourth-order valence-electron chi connectivity index (χ4n) is 1.63. The fraction of sp³-hybridized carbons (Fsp3) is 0.364. The summed E-state index contributed by atoms with van der Waals surface area (Å²) in [4.78, 5) is 11.8. The lowest BCUT2D eigenvalue weighted by Crippen LogP contribution is -2.22. The van der Waals surface area contributed by atoms with E-state index < -0.39 is 0 Å². The Bertz CT molecular complexity index is 341. The second kappa shape index (κ2) is 5.14. The first-order valence-electron chi connectivity index (χ1n) is 4.89. The van der Waals surface area contributed by atoms with Gasteiger partial charge in [-0.05, 0) is 30.7 Å². The van der Waals surface area contributed by atoms with Gasteiger partial charge in [-0.1, -0.05) is 15.9 Å². The van der Waals surface area contributed by atoms with E-state index >= 15 is 0 Å². The monoisotopic (exact) mass is 285 g/mol. The Labute approximate surface area is 102 Å². The second-order valence-corrected chi connectivity index (χ2v) is 5.87. The first-order chi connectivity index (χ1) is 7.28. The van der Waals surface area contributed by atoms with Gasteiger partial charge in [-0.25, -0.2) is 0 Å². The van der Waals surface area contributed by atoms with Gasteiger partial charge in [0.25, 0.3) is 0 Å². The van der Waals surface area contributed by atoms with Gasteiger partial charge in [0.2, 0.25) is 0 Å². The number of hydrogen-bond acceptors (Lipinski definition) is 3. The van der Waals surface area contributed by atoms with Crippen molar-refractivity contribution in [3.63, 3.8) is 0 Å². The molecule has 1 aliphatic heterocycles. The molecule has 1 saturated heterocycles. The minimum atomic E-state index is 0.0537. The van der Waals surface area contributed by atoms with Crippen molar-refractivity contribution in [3.05, 3.63) is 28.7 Å². The maximum Gasteiger partial charge on any atom is 0.136 e. The first kappa shape index (κ1) is 11.2. The molecule has 1 fully saturated rings. The van der Waals surface area contributed by atoms with E-state index in [1.807, 2.05) is 23.9 Å². The third kappa shape index (κ3) is 3.06. The topological polar surface area (TPSA) is 29.1 Å². The van der Waals surface area contributed by atoms with Crippen molar-refractivity contribution in [3.8, 4) is 0 Å². The van der Waals surface area contributed by atoms with Gasteiger partial charge in [-0.2, -0.15) is 0 Å². The number of aldehydes is 1. The van der Waals surface area contributed by atoms with Crippen LogP contribution in [-0.4, -0.2) is 24.1 Å². The van der Waals surface area contributed by atoms with Crippen LogP contribution in [-0.2, 0) is 4.79 Å². The number of thioether (sulfide) groups is 1. The van der Waals surface area contributed by atoms with Crippen LogP contribution in [0.15, 0.2) is 33.6 Å². The highest BCUT2D eigenvalue weighted by Gasteiger charge is 2.23. The van der Waals surface area contributed by atoms with Crippen molar-refractivity contribution in [2.24, 2.45) is 0 Å². The van der Waals surface area contributed by atoms with Crippen molar-refractivity contribution in [2.45, 2.75) is 22.6 Å². The molecule has 0 aromatic heterocycles. The Kier molecular flexibility index (Phi) is 3.83. The summed E-state index contributed by atoms with van der Waals surface area (Å²) in [5.74, 6) is 0. The quantitative estimate of drug-likeness (QED) is 0.865. The lowest BCUT2D eigenvalue weighted by Gasteiger charge is -2.07. The Morgan fingerprint density at radius 1 is 1.40 bits per heavy atom. The van der Waals surface area contributed by atoms with Crippen LogP contribution in [0.25, 0.3) is 0 Å². The molecular formula is C11H12BrNOS. The smallest absolute Gasteiger partial charge is 0.136 e. The minimum absolute atomic E-state index is 0.0537. The van der Waals surface area contributed by atoms with Crippen molar-refractivity contribution in [1.82, 2.24) is 5.32 Å². The molecular weight excluding hydrogens is 274 g/mol. The molecule has 80 valence electrons. The van der Waals surface area contributed by atoms with Gasteiger partial charge < -0.3 is 10.1 Å². The summed E-state index contributed by atoms with van der Waals surface area (Å²) >= 11 is 5.25. The van der Waals surface area contributed by atoms with E-state index in [1.165, 1.54) is 4.90 Å². The number of halogens is 1. The molecule has 1 N–H and O–H groups in total. The Morgan fingerprint density at radius 2 is 2.13 bits per heavy atom. The maximum absolute atomic E-state index is 10.6. The number of benzene rings is 1. The highest BCUT2D eigenvalue weighted by molar-refractivity contribution is 9.10. The van der Waals surface area contributed by atoms with Crippen molar-refractivity contribution >= 4 is 34.0 Å². The van der Waals surface area contributed by atoms with Gasteiger partial charge in [-0.15, -0.1) is 11.8 Å². The third-order valence-electron chi connectivity index (χ3n) is 2.41. The van der Waals surface area contributed by atoms with E-state index in [0.29, 0.717) is 5.25 Å². The van der Waals surface area contributed by atoms with Crippen LogP contribution >= 0.6 is 27.7 Å². The molecule has 0 aliphatic carbocycles. The molecule has 0 saturated carbocycles. The zero-order chi connectivity index (χ0) is 10.7. The molecule has 2 nitrogen and oxygen atoms in total. The molecule has 2 rings (SSSR count). The van der Waals surface area contributed by atoms with Crippen molar-refractivity contribution < 1.29 is 4.79 Å². The van der Waals surface area contributed by atoms with Crippen LogP contribution in [0.3, 0.4) is 0 Å². The minimum Gasteiger partial charge on any atom is -0.307 e. The molecule has 1 heterocycles. The summed E-state index contributed by atoms with van der Waals surface area (Å²) in [6.07, 6.45) is 1.94. The molecule has 0 bridgehead atoms. The Hall–Kier alpha value is -0.320. The van der Waals surface area contributed by atoms with Crippen molar-refractivity contribution in [2.75, 3.05) is 6.54 Å². The summed E-state index contributed by atoms with van der Waals surface area (Å²) < 4.78 is 1.10. The SMILES string of the molecule is O=CC1C[C@H](Sc2ccc(Br)cc2)CN1. The number of rotatable bonds is 3. The van der Waals surface area contributed by atoms with Crippen molar-refractivity contribution in [1.29, 1.82) is 0 Å². The predicted octanol–water partition coefficient (Wildman–Crippen LogP) is 2.47. The number of nitrogens with one attached hydrogen (secondary N) is 1. The molecule has 2 atom stereocenters. The Balaban J connectivity index is 1.92. The molecule has 1 unspecified atom stereocenters. The molecule has 0 amide bonds. The lowest BCUT2D eigenvalue weighted by atomic mass is 10.2. The predicted molar refractivity (Wildman–Crippen MR) is 66.3 cm³/mol. The van der Waals surface area contributed by atoms with Gasteiger partial charge in [-0.3, -0.25) is 0 Å². The summed E-state index contributed by atoms with van der Waals surface area (Å²) in [5.41, 5.74) is 0. The summed E-state index contributed by atoms with van der Waals surface area (Å²) in [6.45, 7) is 0.921. The van der Waals surface area contributed by atoms with Crippen LogP contribution in [0.1, 0.15) is 6.42 Å². The molecule has 1 aromatic carbocycles. The lowest BCUT2D eigenvalue weighted by molar-refractivity contribution is -0.109. The van der Waals surface area contributed by atoms with Crippen LogP contribution in [0.5, 0.6) is 0 Å². The first-order valence-corrected chi connectivity index (χ1v) is 6.56. The van der Waals surface area contributed by atoms with Gasteiger partial charge in [0, 0.05) is 21.2 Å². The van der Waals surface area contributed by atoms with Crippen LogP contribution < -0.4 is 5.32 Å². The summed E-state index contributed by atoms with van der Waals surface area (Å²) in [6, 6.07) is 8.34. The molecule has 1 aliphatic rings. The largest absolute Gasteiger partial charge is 0.307 e. The Morgan fingerprint density at radius 3 is 2.73 bits per heavy atom. The number of carbonyl (C=O) groups excluding carboxylic acids is 1. The average molecular weight is 286 g/mol. The third-order valence-corrected chi connectivity index (χ3v) is 4.17. The zero-order valence-corrected chi connectivity index (χ0v) is 10.6. The van der Waals surface area contributed by atoms with E-state index in [9.17, 15) is 4.79 Å². The normalized spacial score (nSPS) is 25.4. The van der Waals surface area contributed by atoms with E-state index in [2.05, 4.69) is 33.4 Å². The number of carbonyl (C=O) groups is 1. The number of hydrogen-bond donors (Lipinski definition) is 1. The molecule has 0 radical (unpaired) electrons. The van der Waals surface area contributed by atoms with E-state index in [1.54, 1.807) is 0 Å². The van der Waals surface area contributed by atoms with Gasteiger partial charge in [0.1, 0.15) is 6.29 Å². The van der Waals surface area contributed by atoms with Gasteiger partial charge in [0.05, 0.1) is 6.04 Å². The van der Waals surface area contributed by atoms with E-state index in [0.717, 1.165) is 23.7 Å². The molecule has 0 spiro atoms. The van der Waals surface area contributed by atoms with Crippen LogP contribution in [0.2, 0.25) is 0 Å². The van der Waals surface area contributed by atoms with Gasteiger partial charge >= 0.3 is 0 Å². The maximum atomic E-state index is 10.6. The van der Waals surface area contributed by atoms with E-state index in [4.69, 9.17) is 0 Å². The molecule has 1 aromatic rings. The zero-order valence-electron chi connectivity index (χ0n) is 8.15. The van der Waals surface area contributed by atoms with Crippen LogP contribution in [0.4, 0.5) is 0 Å². The summed E-state index contributed by atoms with van der Waals surface area (Å²) in [5, 5.41) is 3.70. The highest BCUT2D eigenvalue weighted by Crippen LogP contribution is 2.29. The van der Waals surface area contributed by atoms with Crippen LogP contribution in [0, 0.1) is 0 Å². The molecule has 15 heavy (non-hydrogen) atoms. The second-order valence-electron chi connectivity index (χ2n) is 3.58. The fourth-order valence-corrected chi connectivity index (χ4v) is 3.06. The van der Waals surface area contributed by atoms with E-state index in [-0.39, 0.29) is 6.04 Å². The molecule has 4 heteroatoms. The average Bonchev–Trinajstić information content (AvgIpc) is 2.69. The summed E-state index contributed by atoms with van der Waals surface area (Å²) in [7, 11) is 0. The standard InChI is InChI=1S/C11H12BrNOS/c12-8-1-3-10(4-2-8)15-11-5-9(7-14)13-6-11/h1-4,7,9,11,13H,5-6H2/t9?,11-/m0/s1.